The Balaban J connectivity index is 1.95. The second kappa shape index (κ2) is 9.50. The molecule has 150 valence electrons. The van der Waals surface area contributed by atoms with E-state index in [-0.39, 0.29) is 30.5 Å². The lowest BCUT2D eigenvalue weighted by Gasteiger charge is -2.31. The van der Waals surface area contributed by atoms with Gasteiger partial charge < -0.3 is 15.7 Å². The van der Waals surface area contributed by atoms with Gasteiger partial charge in [0.15, 0.2) is 0 Å². The van der Waals surface area contributed by atoms with E-state index in [1.165, 1.54) is 28.6 Å². The molecule has 0 aliphatic carbocycles. The van der Waals surface area contributed by atoms with Crippen LogP contribution < -0.4 is 10.6 Å². The number of hydrogen-bond donors (Lipinski definition) is 3. The lowest BCUT2D eigenvalue weighted by molar-refractivity contribution is -0.129. The summed E-state index contributed by atoms with van der Waals surface area (Å²) < 4.78 is 26.8. The minimum absolute atomic E-state index is 0.0610. The quantitative estimate of drug-likeness (QED) is 0.592. The van der Waals surface area contributed by atoms with Gasteiger partial charge in [-0.1, -0.05) is 11.6 Å². The molecule has 27 heavy (non-hydrogen) atoms. The maximum atomic E-state index is 12.8. The number of amides is 2. The first-order chi connectivity index (χ1) is 12.7. The Morgan fingerprint density at radius 2 is 2.00 bits per heavy atom. The summed E-state index contributed by atoms with van der Waals surface area (Å²) in [7, 11) is -3.71. The van der Waals surface area contributed by atoms with Crippen molar-refractivity contribution in [2.75, 3.05) is 26.2 Å². The fourth-order valence-electron chi connectivity index (χ4n) is 2.81. The third-order valence-corrected chi connectivity index (χ3v) is 6.44. The molecule has 0 aromatic heterocycles. The average molecular weight is 418 g/mol. The molecule has 1 aromatic carbocycles. The van der Waals surface area contributed by atoms with Crippen LogP contribution in [0.3, 0.4) is 0 Å². The smallest absolute Gasteiger partial charge is 0.243 e. The molecule has 3 N–H and O–H groups in total. The summed E-state index contributed by atoms with van der Waals surface area (Å²) in [6.07, 6.45) is 1.10. The third kappa shape index (κ3) is 5.90. The molecular formula is C17H24ClN3O5S. The molecule has 1 aromatic rings. The van der Waals surface area contributed by atoms with Crippen molar-refractivity contribution in [2.45, 2.75) is 30.7 Å². The Morgan fingerprint density at radius 1 is 1.33 bits per heavy atom. The summed E-state index contributed by atoms with van der Waals surface area (Å²) in [4.78, 5) is 24.1. The van der Waals surface area contributed by atoms with Crippen LogP contribution in [0.1, 0.15) is 19.8 Å². The van der Waals surface area contributed by atoms with E-state index in [4.69, 9.17) is 16.7 Å². The summed E-state index contributed by atoms with van der Waals surface area (Å²) in [5.41, 5.74) is 0. The first-order valence-electron chi connectivity index (χ1n) is 8.67. The first kappa shape index (κ1) is 21.6. The number of aliphatic hydroxyl groups is 1. The third-order valence-electron chi connectivity index (χ3n) is 4.31. The summed E-state index contributed by atoms with van der Waals surface area (Å²) in [5, 5.41) is 14.4. The number of carbonyl (C=O) groups excluding carboxylic acids is 2. The van der Waals surface area contributed by atoms with E-state index >= 15 is 0 Å². The predicted octanol–water partition coefficient (Wildman–Crippen LogP) is 0.354. The number of carbonyl (C=O) groups is 2. The molecule has 1 fully saturated rings. The van der Waals surface area contributed by atoms with Gasteiger partial charge in [-0.05, 0) is 44.0 Å². The van der Waals surface area contributed by atoms with Crippen LogP contribution in [0.15, 0.2) is 29.2 Å². The Kier molecular flexibility index (Phi) is 7.60. The number of rotatable bonds is 7. The van der Waals surface area contributed by atoms with Crippen molar-refractivity contribution in [1.82, 2.24) is 14.9 Å². The van der Waals surface area contributed by atoms with E-state index in [2.05, 4.69) is 10.6 Å². The van der Waals surface area contributed by atoms with Gasteiger partial charge in [-0.15, -0.1) is 0 Å². The predicted molar refractivity (Wildman–Crippen MR) is 101 cm³/mol. The molecule has 2 rings (SSSR count). The summed E-state index contributed by atoms with van der Waals surface area (Å²) in [5.74, 6) is -1.30. The van der Waals surface area contributed by atoms with Crippen molar-refractivity contribution < 1.29 is 23.1 Å². The summed E-state index contributed by atoms with van der Waals surface area (Å²) in [6, 6.07) is 5.50. The number of nitrogens with zero attached hydrogens (tertiary/aromatic N) is 1. The molecular weight excluding hydrogens is 394 g/mol. The van der Waals surface area contributed by atoms with Gasteiger partial charge in [0, 0.05) is 24.2 Å². The molecule has 2 amide bonds. The summed E-state index contributed by atoms with van der Waals surface area (Å²) >= 11 is 5.81. The molecule has 2 atom stereocenters. The van der Waals surface area contributed by atoms with Gasteiger partial charge in [-0.3, -0.25) is 9.59 Å². The van der Waals surface area contributed by atoms with E-state index in [9.17, 15) is 18.0 Å². The topological polar surface area (TPSA) is 116 Å². The highest BCUT2D eigenvalue weighted by atomic mass is 35.5. The molecule has 0 bridgehead atoms. The fraction of sp³-hybridized carbons (Fsp3) is 0.529. The normalized spacial score (nSPS) is 19.3. The van der Waals surface area contributed by atoms with E-state index in [0.717, 1.165) is 0 Å². The number of piperidine rings is 1. The van der Waals surface area contributed by atoms with Gasteiger partial charge in [0.25, 0.3) is 0 Å². The molecule has 1 heterocycles. The molecule has 1 aliphatic heterocycles. The largest absolute Gasteiger partial charge is 0.394 e. The molecule has 0 radical (unpaired) electrons. The van der Waals surface area contributed by atoms with E-state index in [0.29, 0.717) is 24.4 Å². The zero-order chi connectivity index (χ0) is 20.0. The number of benzene rings is 1. The number of hydrogen-bond acceptors (Lipinski definition) is 5. The Bertz CT molecular complexity index is 769. The van der Waals surface area contributed by atoms with E-state index in [1.807, 2.05) is 0 Å². The monoisotopic (exact) mass is 417 g/mol. The van der Waals surface area contributed by atoms with Crippen molar-refractivity contribution in [2.24, 2.45) is 5.92 Å². The van der Waals surface area contributed by atoms with Crippen LogP contribution in [0, 0.1) is 5.92 Å². The van der Waals surface area contributed by atoms with Crippen molar-refractivity contribution in [3.8, 4) is 0 Å². The molecule has 0 spiro atoms. The lowest BCUT2D eigenvalue weighted by Crippen LogP contribution is -2.48. The maximum absolute atomic E-state index is 12.8. The highest BCUT2D eigenvalue weighted by molar-refractivity contribution is 7.89. The summed E-state index contributed by atoms with van der Waals surface area (Å²) in [6.45, 7) is 1.62. The van der Waals surface area contributed by atoms with Gasteiger partial charge in [0.1, 0.15) is 0 Å². The Labute approximate surface area is 163 Å². The molecule has 1 aliphatic rings. The van der Waals surface area contributed by atoms with Crippen molar-refractivity contribution in [1.29, 1.82) is 0 Å². The fourth-order valence-corrected chi connectivity index (χ4v) is 4.46. The molecule has 2 unspecified atom stereocenters. The van der Waals surface area contributed by atoms with Crippen LogP contribution in [0.2, 0.25) is 5.02 Å². The highest BCUT2D eigenvalue weighted by Gasteiger charge is 2.33. The van der Waals surface area contributed by atoms with E-state index in [1.54, 1.807) is 6.92 Å². The van der Waals surface area contributed by atoms with Crippen LogP contribution >= 0.6 is 11.6 Å². The first-order valence-corrected chi connectivity index (χ1v) is 10.5. The van der Waals surface area contributed by atoms with Crippen LogP contribution in [-0.2, 0) is 19.6 Å². The number of nitrogens with one attached hydrogen (secondary N) is 2. The molecule has 10 heteroatoms. The molecule has 8 nitrogen and oxygen atoms in total. The van der Waals surface area contributed by atoms with Crippen LogP contribution in [0.4, 0.5) is 0 Å². The molecule has 1 saturated heterocycles. The van der Waals surface area contributed by atoms with Gasteiger partial charge in [0.05, 0.1) is 24.0 Å². The second-order valence-electron chi connectivity index (χ2n) is 6.53. The standard InChI is InChI=1S/C17H24ClN3O5S/c1-12(11-22)20-16(23)9-19-17(24)13-3-2-8-21(10-13)27(25,26)15-6-4-14(18)5-7-15/h4-7,12-13,22H,2-3,8-11H2,1H3,(H,19,24)(H,20,23). The Hall–Kier alpha value is -1.68. The van der Waals surface area contributed by atoms with Gasteiger partial charge >= 0.3 is 0 Å². The van der Waals surface area contributed by atoms with E-state index < -0.39 is 27.9 Å². The number of sulfonamides is 1. The van der Waals surface area contributed by atoms with Gasteiger partial charge in [0.2, 0.25) is 21.8 Å². The van der Waals surface area contributed by atoms with Crippen molar-refractivity contribution in [3.63, 3.8) is 0 Å². The van der Waals surface area contributed by atoms with Crippen LogP contribution in [0.25, 0.3) is 0 Å². The minimum atomic E-state index is -3.71. The highest BCUT2D eigenvalue weighted by Crippen LogP contribution is 2.24. The van der Waals surface area contributed by atoms with Gasteiger partial charge in [-0.2, -0.15) is 4.31 Å². The van der Waals surface area contributed by atoms with Crippen LogP contribution in [-0.4, -0.2) is 61.9 Å². The zero-order valence-electron chi connectivity index (χ0n) is 15.0. The minimum Gasteiger partial charge on any atom is -0.394 e. The SMILES string of the molecule is CC(CO)NC(=O)CNC(=O)C1CCCN(S(=O)(=O)c2ccc(Cl)cc2)C1. The Morgan fingerprint density at radius 3 is 2.63 bits per heavy atom. The average Bonchev–Trinajstić information content (AvgIpc) is 2.66. The van der Waals surface area contributed by atoms with Crippen molar-refractivity contribution in [3.05, 3.63) is 29.3 Å². The second-order valence-corrected chi connectivity index (χ2v) is 8.90. The van der Waals surface area contributed by atoms with Crippen LogP contribution in [0.5, 0.6) is 0 Å². The lowest BCUT2D eigenvalue weighted by atomic mass is 9.99. The zero-order valence-corrected chi connectivity index (χ0v) is 16.6. The molecule has 0 saturated carbocycles. The number of halogens is 1. The number of aliphatic hydroxyl groups excluding tert-OH is 1. The maximum Gasteiger partial charge on any atom is 0.243 e. The van der Waals surface area contributed by atoms with Gasteiger partial charge in [-0.25, -0.2) is 8.42 Å². The van der Waals surface area contributed by atoms with Crippen molar-refractivity contribution >= 4 is 33.4 Å².